The minimum atomic E-state index is -0.877. The lowest BCUT2D eigenvalue weighted by atomic mass is 10.3. The molecule has 0 saturated heterocycles. The Morgan fingerprint density at radius 3 is 2.89 bits per heavy atom. The first-order chi connectivity index (χ1) is 9.02. The predicted octanol–water partition coefficient (Wildman–Crippen LogP) is 1.28. The van der Waals surface area contributed by atoms with Gasteiger partial charge < -0.3 is 15.0 Å². The number of carbonyl (C=O) groups is 2. The van der Waals surface area contributed by atoms with Crippen molar-refractivity contribution in [2.75, 3.05) is 12.3 Å². The molecule has 0 fully saturated rings. The molecule has 0 atom stereocenters. The van der Waals surface area contributed by atoms with Gasteiger partial charge in [-0.05, 0) is 13.3 Å². The Hall–Kier alpha value is -1.50. The summed E-state index contributed by atoms with van der Waals surface area (Å²) in [4.78, 5) is 26.3. The minimum absolute atomic E-state index is 0.00221. The molecule has 0 aromatic carbocycles. The van der Waals surface area contributed by atoms with Gasteiger partial charge in [0.05, 0.1) is 11.4 Å². The third-order valence-electron chi connectivity index (χ3n) is 2.34. The summed E-state index contributed by atoms with van der Waals surface area (Å²) in [6, 6.07) is 0. The highest BCUT2D eigenvalue weighted by atomic mass is 32.2. The fraction of sp³-hybridized carbons (Fsp3) is 0.583. The third-order valence-corrected chi connectivity index (χ3v) is 3.31. The molecular weight excluding hydrogens is 266 g/mol. The first-order valence-corrected chi connectivity index (χ1v) is 7.16. The number of aryl methyl sites for hydroxylation is 2. The molecule has 1 amide bonds. The lowest BCUT2D eigenvalue weighted by Crippen LogP contribution is -2.25. The summed E-state index contributed by atoms with van der Waals surface area (Å²) in [5.41, 5.74) is 0.821. The van der Waals surface area contributed by atoms with E-state index in [0.29, 0.717) is 24.7 Å². The second-order valence-corrected chi connectivity index (χ2v) is 5.08. The second-order valence-electron chi connectivity index (χ2n) is 4.14. The van der Waals surface area contributed by atoms with Crippen LogP contribution in [0.5, 0.6) is 0 Å². The highest BCUT2D eigenvalue weighted by Gasteiger charge is 2.10. The predicted molar refractivity (Wildman–Crippen MR) is 73.2 cm³/mol. The summed E-state index contributed by atoms with van der Waals surface area (Å²) in [7, 11) is 0. The van der Waals surface area contributed by atoms with Crippen LogP contribution in [0.1, 0.15) is 25.5 Å². The number of aliphatic carboxylic acids is 1. The molecule has 1 heterocycles. The zero-order valence-corrected chi connectivity index (χ0v) is 12.0. The number of aromatic nitrogens is 2. The Morgan fingerprint density at radius 1 is 1.53 bits per heavy atom. The molecule has 7 heteroatoms. The van der Waals surface area contributed by atoms with Gasteiger partial charge in [-0.15, -0.1) is 0 Å². The molecule has 1 aromatic rings. The zero-order chi connectivity index (χ0) is 14.3. The van der Waals surface area contributed by atoms with Crippen LogP contribution in [0.15, 0.2) is 11.4 Å². The van der Waals surface area contributed by atoms with E-state index in [9.17, 15) is 9.59 Å². The second kappa shape index (κ2) is 7.83. The first-order valence-electron chi connectivity index (χ1n) is 6.18. The standard InChI is InChI=1S/C12H19N3O3S/c1-3-5-13-10(16)4-6-15-7-9(2)14-12(15)19-8-11(17)18/h7H,3-6,8H2,1-2H3,(H,13,16)(H,17,18). The van der Waals surface area contributed by atoms with E-state index in [-0.39, 0.29) is 11.7 Å². The Kier molecular flexibility index (Phi) is 6.41. The molecule has 1 aromatic heterocycles. The maximum atomic E-state index is 11.5. The average Bonchev–Trinajstić information content (AvgIpc) is 2.71. The van der Waals surface area contributed by atoms with Crippen LogP contribution in [-0.4, -0.2) is 38.8 Å². The number of rotatable bonds is 8. The Morgan fingerprint density at radius 2 is 2.26 bits per heavy atom. The molecule has 106 valence electrons. The van der Waals surface area contributed by atoms with E-state index in [2.05, 4.69) is 10.3 Å². The summed E-state index contributed by atoms with van der Waals surface area (Å²) < 4.78 is 1.83. The van der Waals surface area contributed by atoms with Gasteiger partial charge in [-0.25, -0.2) is 4.98 Å². The number of carbonyl (C=O) groups excluding carboxylic acids is 1. The third kappa shape index (κ3) is 5.78. The summed E-state index contributed by atoms with van der Waals surface area (Å²) in [5, 5.41) is 12.1. The minimum Gasteiger partial charge on any atom is -0.481 e. The number of imidazole rings is 1. The monoisotopic (exact) mass is 285 g/mol. The van der Waals surface area contributed by atoms with Crippen LogP contribution in [0.4, 0.5) is 0 Å². The van der Waals surface area contributed by atoms with Crippen LogP contribution in [0.25, 0.3) is 0 Å². The fourth-order valence-electron chi connectivity index (χ4n) is 1.50. The van der Waals surface area contributed by atoms with Gasteiger partial charge in [-0.3, -0.25) is 9.59 Å². The molecule has 0 saturated carbocycles. The maximum absolute atomic E-state index is 11.5. The number of amides is 1. The Labute approximate surface area is 116 Å². The lowest BCUT2D eigenvalue weighted by molar-refractivity contribution is -0.134. The van der Waals surface area contributed by atoms with E-state index in [1.165, 1.54) is 11.8 Å². The summed E-state index contributed by atoms with van der Waals surface area (Å²) in [5.74, 6) is -0.904. The number of thioether (sulfide) groups is 1. The van der Waals surface area contributed by atoms with Gasteiger partial charge in [0.25, 0.3) is 0 Å². The van der Waals surface area contributed by atoms with Crippen LogP contribution >= 0.6 is 11.8 Å². The van der Waals surface area contributed by atoms with Crippen molar-refractivity contribution in [1.82, 2.24) is 14.9 Å². The Balaban J connectivity index is 2.52. The SMILES string of the molecule is CCCNC(=O)CCn1cc(C)nc1SCC(=O)O. The average molecular weight is 285 g/mol. The molecular formula is C12H19N3O3S. The molecule has 6 nitrogen and oxygen atoms in total. The maximum Gasteiger partial charge on any atom is 0.313 e. The van der Waals surface area contributed by atoms with E-state index in [1.807, 2.05) is 24.6 Å². The van der Waals surface area contributed by atoms with Crippen molar-refractivity contribution in [1.29, 1.82) is 0 Å². The normalized spacial score (nSPS) is 10.4. The topological polar surface area (TPSA) is 84.2 Å². The van der Waals surface area contributed by atoms with E-state index in [4.69, 9.17) is 5.11 Å². The lowest BCUT2D eigenvalue weighted by Gasteiger charge is -2.07. The van der Waals surface area contributed by atoms with Crippen molar-refractivity contribution >= 4 is 23.6 Å². The number of hydrogen-bond acceptors (Lipinski definition) is 4. The quantitative estimate of drug-likeness (QED) is 0.703. The zero-order valence-electron chi connectivity index (χ0n) is 11.2. The van der Waals surface area contributed by atoms with Gasteiger partial charge >= 0.3 is 5.97 Å². The van der Waals surface area contributed by atoms with Gasteiger partial charge in [0.2, 0.25) is 5.91 Å². The number of nitrogens with zero attached hydrogens (tertiary/aromatic N) is 2. The van der Waals surface area contributed by atoms with Crippen molar-refractivity contribution in [2.45, 2.75) is 38.4 Å². The molecule has 0 bridgehead atoms. The van der Waals surface area contributed by atoms with Gasteiger partial charge in [-0.2, -0.15) is 0 Å². The Bertz CT molecular complexity index is 445. The summed E-state index contributed by atoms with van der Waals surface area (Å²) in [6.45, 7) is 5.04. The number of carboxylic acid groups (broad SMARTS) is 1. The van der Waals surface area contributed by atoms with Gasteiger partial charge in [0.1, 0.15) is 0 Å². The molecule has 0 aliphatic heterocycles. The smallest absolute Gasteiger partial charge is 0.313 e. The summed E-state index contributed by atoms with van der Waals surface area (Å²) in [6.07, 6.45) is 3.11. The highest BCUT2D eigenvalue weighted by molar-refractivity contribution is 7.99. The van der Waals surface area contributed by atoms with Crippen LogP contribution in [-0.2, 0) is 16.1 Å². The molecule has 0 spiro atoms. The molecule has 0 aliphatic rings. The number of nitrogens with one attached hydrogen (secondary N) is 1. The molecule has 19 heavy (non-hydrogen) atoms. The largest absolute Gasteiger partial charge is 0.481 e. The van der Waals surface area contributed by atoms with Gasteiger partial charge in [0, 0.05) is 25.7 Å². The summed E-state index contributed by atoms with van der Waals surface area (Å²) >= 11 is 1.17. The highest BCUT2D eigenvalue weighted by Crippen LogP contribution is 2.17. The number of hydrogen-bond donors (Lipinski definition) is 2. The van der Waals surface area contributed by atoms with Crippen LogP contribution in [0.2, 0.25) is 0 Å². The van der Waals surface area contributed by atoms with Gasteiger partial charge in [-0.1, -0.05) is 18.7 Å². The first kappa shape index (κ1) is 15.6. The van der Waals surface area contributed by atoms with Crippen LogP contribution < -0.4 is 5.32 Å². The van der Waals surface area contributed by atoms with Crippen molar-refractivity contribution < 1.29 is 14.7 Å². The van der Waals surface area contributed by atoms with Gasteiger partial charge in [0.15, 0.2) is 5.16 Å². The van der Waals surface area contributed by atoms with E-state index >= 15 is 0 Å². The molecule has 0 unspecified atom stereocenters. The van der Waals surface area contributed by atoms with Crippen molar-refractivity contribution in [3.05, 3.63) is 11.9 Å². The van der Waals surface area contributed by atoms with Crippen molar-refractivity contribution in [3.63, 3.8) is 0 Å². The molecule has 2 N–H and O–H groups in total. The fourth-order valence-corrected chi connectivity index (χ4v) is 2.27. The van der Waals surface area contributed by atoms with E-state index in [0.717, 1.165) is 12.1 Å². The van der Waals surface area contributed by atoms with E-state index in [1.54, 1.807) is 0 Å². The van der Waals surface area contributed by atoms with E-state index < -0.39 is 5.97 Å². The molecule has 1 rings (SSSR count). The number of carboxylic acids is 1. The van der Waals surface area contributed by atoms with Crippen molar-refractivity contribution in [3.8, 4) is 0 Å². The van der Waals surface area contributed by atoms with Crippen LogP contribution in [0.3, 0.4) is 0 Å². The van der Waals surface area contributed by atoms with Crippen LogP contribution in [0, 0.1) is 6.92 Å². The molecule has 0 aliphatic carbocycles. The van der Waals surface area contributed by atoms with Crippen molar-refractivity contribution in [2.24, 2.45) is 0 Å². The molecule has 0 radical (unpaired) electrons.